The average Bonchev–Trinajstić information content (AvgIpc) is 3.35. The molecule has 0 bridgehead atoms. The molecule has 1 aromatic heterocycles. The van der Waals surface area contributed by atoms with Crippen LogP contribution in [0.15, 0.2) is 41.4 Å². The molecule has 0 spiro atoms. The number of aromatic amines is 1. The number of benzene rings is 1. The molecule has 1 atom stereocenters. The summed E-state index contributed by atoms with van der Waals surface area (Å²) in [6.07, 6.45) is 4.56. The van der Waals surface area contributed by atoms with E-state index in [2.05, 4.69) is 17.2 Å². The molecule has 2 amide bonds. The van der Waals surface area contributed by atoms with E-state index in [4.69, 9.17) is 0 Å². The number of hydrogen-bond acceptors (Lipinski definition) is 4. The van der Waals surface area contributed by atoms with Crippen molar-refractivity contribution in [2.45, 2.75) is 51.0 Å². The Hall–Kier alpha value is -2.65. The molecule has 9 heteroatoms. The van der Waals surface area contributed by atoms with Crippen molar-refractivity contribution in [3.63, 3.8) is 0 Å². The van der Waals surface area contributed by atoms with Gasteiger partial charge in [-0.05, 0) is 50.2 Å². The van der Waals surface area contributed by atoms with Crippen LogP contribution in [0.5, 0.6) is 0 Å². The fraction of sp³-hybridized carbons (Fsp3) is 0.520. The van der Waals surface area contributed by atoms with Gasteiger partial charge in [-0.1, -0.05) is 36.8 Å². The summed E-state index contributed by atoms with van der Waals surface area (Å²) in [7, 11) is -3.80. The number of sulfonamides is 1. The van der Waals surface area contributed by atoms with Crippen molar-refractivity contribution >= 4 is 21.8 Å². The Bertz CT molecular complexity index is 1120. The Morgan fingerprint density at radius 1 is 1.09 bits per heavy atom. The van der Waals surface area contributed by atoms with Crippen LogP contribution in [-0.2, 0) is 21.4 Å². The highest BCUT2D eigenvalue weighted by atomic mass is 32.2. The minimum atomic E-state index is -3.80. The fourth-order valence-electron chi connectivity index (χ4n) is 4.59. The van der Waals surface area contributed by atoms with Gasteiger partial charge in [0.25, 0.3) is 5.91 Å². The standard InChI is InChI=1S/C25H34N4O4S/c1-18-5-7-20(8-6-18)15-27-24(30)21-4-3-11-29(17-21)34(32,33)22-14-23(26-16-22)25(31)28-12-9-19(2)10-13-28/h5-8,14,16,19,21,26H,3-4,9-13,15,17H2,1-2H3,(H,27,30)/t21-/m1/s1. The van der Waals surface area contributed by atoms with Crippen LogP contribution in [0.3, 0.4) is 0 Å². The lowest BCUT2D eigenvalue weighted by Gasteiger charge is -2.31. The molecule has 0 radical (unpaired) electrons. The number of nitrogens with zero attached hydrogens (tertiary/aromatic N) is 2. The molecule has 2 aromatic rings. The van der Waals surface area contributed by atoms with E-state index >= 15 is 0 Å². The highest BCUT2D eigenvalue weighted by molar-refractivity contribution is 7.89. The molecular formula is C25H34N4O4S. The molecule has 2 fully saturated rings. The maximum absolute atomic E-state index is 13.3. The van der Waals surface area contributed by atoms with Crippen molar-refractivity contribution in [3.8, 4) is 0 Å². The van der Waals surface area contributed by atoms with Gasteiger partial charge >= 0.3 is 0 Å². The molecule has 4 rings (SSSR count). The molecule has 8 nitrogen and oxygen atoms in total. The van der Waals surface area contributed by atoms with Gasteiger partial charge in [0.15, 0.2) is 0 Å². The molecule has 2 aliphatic rings. The van der Waals surface area contributed by atoms with Crippen LogP contribution in [0.4, 0.5) is 0 Å². The number of hydrogen-bond donors (Lipinski definition) is 2. The van der Waals surface area contributed by atoms with E-state index in [0.717, 1.165) is 24.0 Å². The number of carbonyl (C=O) groups is 2. The van der Waals surface area contributed by atoms with Crippen molar-refractivity contribution < 1.29 is 18.0 Å². The number of likely N-dealkylation sites (tertiary alicyclic amines) is 1. The molecule has 1 aromatic carbocycles. The van der Waals surface area contributed by atoms with Crippen molar-refractivity contribution in [2.75, 3.05) is 26.2 Å². The smallest absolute Gasteiger partial charge is 0.270 e. The minimum Gasteiger partial charge on any atom is -0.356 e. The lowest BCUT2D eigenvalue weighted by atomic mass is 9.98. The van der Waals surface area contributed by atoms with E-state index in [1.165, 1.54) is 16.6 Å². The van der Waals surface area contributed by atoms with Gasteiger partial charge in [0.2, 0.25) is 15.9 Å². The predicted octanol–water partition coefficient (Wildman–Crippen LogP) is 2.91. The first-order valence-electron chi connectivity index (χ1n) is 12.0. The Labute approximate surface area is 201 Å². The molecule has 0 saturated carbocycles. The van der Waals surface area contributed by atoms with Gasteiger partial charge in [0, 0.05) is 38.9 Å². The first kappa shape index (κ1) is 24.5. The van der Waals surface area contributed by atoms with Crippen LogP contribution in [0.25, 0.3) is 0 Å². The van der Waals surface area contributed by atoms with E-state index in [1.54, 1.807) is 4.90 Å². The van der Waals surface area contributed by atoms with Crippen LogP contribution in [-0.4, -0.2) is 60.6 Å². The Morgan fingerprint density at radius 3 is 2.50 bits per heavy atom. The fourth-order valence-corrected chi connectivity index (χ4v) is 6.11. The van der Waals surface area contributed by atoms with Gasteiger partial charge in [0.05, 0.1) is 5.92 Å². The van der Waals surface area contributed by atoms with E-state index in [1.807, 2.05) is 31.2 Å². The first-order chi connectivity index (χ1) is 16.2. The normalized spacial score (nSPS) is 20.3. The molecule has 0 aliphatic carbocycles. The van der Waals surface area contributed by atoms with Crippen LogP contribution in [0.2, 0.25) is 0 Å². The Kier molecular flexibility index (Phi) is 7.42. The van der Waals surface area contributed by atoms with Gasteiger partial charge in [-0.25, -0.2) is 8.42 Å². The number of H-pyrrole nitrogens is 1. The SMILES string of the molecule is Cc1ccc(CNC(=O)[C@@H]2CCCN(S(=O)(=O)c3c[nH]c(C(=O)N4CCC(C)CC4)c3)C2)cc1. The monoisotopic (exact) mass is 486 g/mol. The summed E-state index contributed by atoms with van der Waals surface area (Å²) in [6.45, 7) is 6.48. The van der Waals surface area contributed by atoms with E-state index < -0.39 is 15.9 Å². The second kappa shape index (κ2) is 10.3. The minimum absolute atomic E-state index is 0.0712. The summed E-state index contributed by atoms with van der Waals surface area (Å²) in [5.41, 5.74) is 2.45. The van der Waals surface area contributed by atoms with Gasteiger partial charge in [-0.2, -0.15) is 4.31 Å². The van der Waals surface area contributed by atoms with Crippen molar-refractivity contribution in [3.05, 3.63) is 53.3 Å². The first-order valence-corrected chi connectivity index (χ1v) is 13.5. The van der Waals surface area contributed by atoms with Gasteiger partial charge in [0.1, 0.15) is 10.6 Å². The molecule has 2 saturated heterocycles. The quantitative estimate of drug-likeness (QED) is 0.655. The Balaban J connectivity index is 1.38. The molecule has 2 N–H and O–H groups in total. The van der Waals surface area contributed by atoms with E-state index in [9.17, 15) is 18.0 Å². The zero-order chi connectivity index (χ0) is 24.3. The lowest BCUT2D eigenvalue weighted by Crippen LogP contribution is -2.45. The Morgan fingerprint density at radius 2 is 1.79 bits per heavy atom. The van der Waals surface area contributed by atoms with E-state index in [-0.39, 0.29) is 28.9 Å². The average molecular weight is 487 g/mol. The third-order valence-corrected chi connectivity index (χ3v) is 8.78. The molecule has 2 aliphatic heterocycles. The van der Waals surface area contributed by atoms with Crippen molar-refractivity contribution in [1.29, 1.82) is 0 Å². The topological polar surface area (TPSA) is 103 Å². The van der Waals surface area contributed by atoms with Crippen molar-refractivity contribution in [1.82, 2.24) is 19.5 Å². The van der Waals surface area contributed by atoms with Crippen LogP contribution < -0.4 is 5.32 Å². The number of aromatic nitrogens is 1. The highest BCUT2D eigenvalue weighted by Crippen LogP contribution is 2.25. The second-order valence-electron chi connectivity index (χ2n) is 9.63. The molecule has 34 heavy (non-hydrogen) atoms. The number of piperidine rings is 2. The van der Waals surface area contributed by atoms with Crippen LogP contribution in [0, 0.1) is 18.8 Å². The maximum Gasteiger partial charge on any atom is 0.270 e. The van der Waals surface area contributed by atoms with E-state index in [0.29, 0.717) is 44.9 Å². The summed E-state index contributed by atoms with van der Waals surface area (Å²) >= 11 is 0. The third kappa shape index (κ3) is 5.52. The number of rotatable bonds is 6. The molecule has 0 unspecified atom stereocenters. The van der Waals surface area contributed by atoms with Gasteiger partial charge < -0.3 is 15.2 Å². The number of aryl methyl sites for hydroxylation is 1. The van der Waals surface area contributed by atoms with Crippen LogP contribution in [0.1, 0.15) is 54.2 Å². The van der Waals surface area contributed by atoms with Crippen LogP contribution >= 0.6 is 0 Å². The number of amides is 2. The maximum atomic E-state index is 13.3. The third-order valence-electron chi connectivity index (χ3n) is 6.94. The molecular weight excluding hydrogens is 452 g/mol. The van der Waals surface area contributed by atoms with Gasteiger partial charge in [-0.15, -0.1) is 0 Å². The highest BCUT2D eigenvalue weighted by Gasteiger charge is 2.34. The van der Waals surface area contributed by atoms with Crippen molar-refractivity contribution in [2.24, 2.45) is 11.8 Å². The molecule has 184 valence electrons. The largest absolute Gasteiger partial charge is 0.356 e. The summed E-state index contributed by atoms with van der Waals surface area (Å²) in [5, 5.41) is 2.94. The van der Waals surface area contributed by atoms with Gasteiger partial charge in [-0.3, -0.25) is 9.59 Å². The zero-order valence-electron chi connectivity index (χ0n) is 19.9. The number of carbonyl (C=O) groups excluding carboxylic acids is 2. The zero-order valence-corrected chi connectivity index (χ0v) is 20.7. The lowest BCUT2D eigenvalue weighted by molar-refractivity contribution is -0.126. The summed E-state index contributed by atoms with van der Waals surface area (Å²) in [6, 6.07) is 9.37. The molecule has 3 heterocycles. The summed E-state index contributed by atoms with van der Waals surface area (Å²) < 4.78 is 27.9. The summed E-state index contributed by atoms with van der Waals surface area (Å²) in [4.78, 5) is 30.3. The number of nitrogens with one attached hydrogen (secondary N) is 2. The second-order valence-corrected chi connectivity index (χ2v) is 11.6. The predicted molar refractivity (Wildman–Crippen MR) is 130 cm³/mol. The summed E-state index contributed by atoms with van der Waals surface area (Å²) in [5.74, 6) is -0.0979.